The van der Waals surface area contributed by atoms with Crippen LogP contribution in [0.15, 0.2) is 0 Å². The third-order valence-electron chi connectivity index (χ3n) is 2.81. The molecule has 1 N–H and O–H groups in total. The molecule has 0 aliphatic heterocycles. The monoisotopic (exact) mass is 156 g/mol. The fourth-order valence-electron chi connectivity index (χ4n) is 2.53. The third kappa shape index (κ3) is 2.82. The molecule has 0 bridgehead atoms. The molecule has 1 aliphatic carbocycles. The molecule has 0 saturated heterocycles. The SMILES string of the molecule is C[C@H]1CC(CCO)C[C@H](C)C1. The molecule has 1 fully saturated rings. The van der Waals surface area contributed by atoms with Gasteiger partial charge in [-0.2, -0.15) is 0 Å². The van der Waals surface area contributed by atoms with E-state index in [-0.39, 0.29) is 0 Å². The van der Waals surface area contributed by atoms with Crippen LogP contribution >= 0.6 is 0 Å². The first-order chi connectivity index (χ1) is 5.22. The van der Waals surface area contributed by atoms with Gasteiger partial charge >= 0.3 is 0 Å². The average molecular weight is 156 g/mol. The van der Waals surface area contributed by atoms with Gasteiger partial charge in [-0.1, -0.05) is 13.8 Å². The molecule has 0 amide bonds. The summed E-state index contributed by atoms with van der Waals surface area (Å²) < 4.78 is 0. The fraction of sp³-hybridized carbons (Fsp3) is 1.00. The molecule has 1 aliphatic rings. The van der Waals surface area contributed by atoms with Crippen molar-refractivity contribution in [1.29, 1.82) is 0 Å². The predicted octanol–water partition coefficient (Wildman–Crippen LogP) is 2.44. The second-order valence-corrected chi connectivity index (χ2v) is 4.30. The van der Waals surface area contributed by atoms with Gasteiger partial charge < -0.3 is 5.11 Å². The summed E-state index contributed by atoms with van der Waals surface area (Å²) in [5.41, 5.74) is 0. The Morgan fingerprint density at radius 1 is 1.09 bits per heavy atom. The smallest absolute Gasteiger partial charge is 0.0433 e. The number of hydrogen-bond acceptors (Lipinski definition) is 1. The lowest BCUT2D eigenvalue weighted by Gasteiger charge is -2.30. The summed E-state index contributed by atoms with van der Waals surface area (Å²) in [5.74, 6) is 2.57. The highest BCUT2D eigenvalue weighted by Gasteiger charge is 2.22. The van der Waals surface area contributed by atoms with Crippen LogP contribution in [-0.2, 0) is 0 Å². The highest BCUT2D eigenvalue weighted by molar-refractivity contribution is 4.74. The first kappa shape index (κ1) is 9.05. The number of aliphatic hydroxyl groups excluding tert-OH is 1. The van der Waals surface area contributed by atoms with E-state index in [1.807, 2.05) is 0 Å². The van der Waals surface area contributed by atoms with Gasteiger partial charge in [0.25, 0.3) is 0 Å². The van der Waals surface area contributed by atoms with Crippen LogP contribution in [0.1, 0.15) is 39.5 Å². The number of aliphatic hydroxyl groups is 1. The first-order valence-corrected chi connectivity index (χ1v) is 4.83. The van der Waals surface area contributed by atoms with Gasteiger partial charge in [0, 0.05) is 6.61 Å². The van der Waals surface area contributed by atoms with E-state index < -0.39 is 0 Å². The number of hydrogen-bond donors (Lipinski definition) is 1. The van der Waals surface area contributed by atoms with E-state index in [0.29, 0.717) is 6.61 Å². The Morgan fingerprint density at radius 2 is 1.64 bits per heavy atom. The quantitative estimate of drug-likeness (QED) is 0.651. The van der Waals surface area contributed by atoms with E-state index in [1.54, 1.807) is 0 Å². The highest BCUT2D eigenvalue weighted by atomic mass is 16.3. The Kier molecular flexibility index (Phi) is 3.38. The molecule has 0 heterocycles. The molecule has 0 aromatic rings. The molecule has 0 aromatic carbocycles. The summed E-state index contributed by atoms with van der Waals surface area (Å²) in [5, 5.41) is 8.79. The second kappa shape index (κ2) is 4.10. The van der Waals surface area contributed by atoms with Gasteiger partial charge in [-0.25, -0.2) is 0 Å². The van der Waals surface area contributed by atoms with Crippen LogP contribution in [0.5, 0.6) is 0 Å². The lowest BCUT2D eigenvalue weighted by atomic mass is 9.76. The zero-order valence-electron chi connectivity index (χ0n) is 7.71. The van der Waals surface area contributed by atoms with Crippen molar-refractivity contribution in [2.75, 3.05) is 6.61 Å². The Balaban J connectivity index is 2.30. The van der Waals surface area contributed by atoms with Crippen LogP contribution in [0.4, 0.5) is 0 Å². The van der Waals surface area contributed by atoms with Crippen molar-refractivity contribution in [3.8, 4) is 0 Å². The lowest BCUT2D eigenvalue weighted by Crippen LogP contribution is -2.20. The summed E-state index contributed by atoms with van der Waals surface area (Å²) in [6, 6.07) is 0. The third-order valence-corrected chi connectivity index (χ3v) is 2.81. The Morgan fingerprint density at radius 3 is 2.09 bits per heavy atom. The van der Waals surface area contributed by atoms with Crippen LogP contribution < -0.4 is 0 Å². The molecular weight excluding hydrogens is 136 g/mol. The standard InChI is InChI=1S/C10H20O/c1-8-5-9(2)7-10(6-8)3-4-11/h8-11H,3-7H2,1-2H3/t8-,9-/m1/s1. The second-order valence-electron chi connectivity index (χ2n) is 4.30. The van der Waals surface area contributed by atoms with Crippen LogP contribution in [0.25, 0.3) is 0 Å². The highest BCUT2D eigenvalue weighted by Crippen LogP contribution is 2.34. The van der Waals surface area contributed by atoms with Crippen LogP contribution in [0.2, 0.25) is 0 Å². The van der Waals surface area contributed by atoms with Gasteiger partial charge in [0.15, 0.2) is 0 Å². The zero-order valence-corrected chi connectivity index (χ0v) is 7.71. The summed E-state index contributed by atoms with van der Waals surface area (Å²) in [4.78, 5) is 0. The molecular formula is C10H20O. The summed E-state index contributed by atoms with van der Waals surface area (Å²) >= 11 is 0. The van der Waals surface area contributed by atoms with Gasteiger partial charge in [0.1, 0.15) is 0 Å². The summed E-state index contributed by atoms with van der Waals surface area (Å²) in [7, 11) is 0. The summed E-state index contributed by atoms with van der Waals surface area (Å²) in [6.07, 6.45) is 5.09. The Bertz CT molecular complexity index is 101. The van der Waals surface area contributed by atoms with Crippen molar-refractivity contribution in [3.63, 3.8) is 0 Å². The molecule has 1 nitrogen and oxygen atoms in total. The zero-order chi connectivity index (χ0) is 8.27. The van der Waals surface area contributed by atoms with E-state index in [4.69, 9.17) is 5.11 Å². The maximum Gasteiger partial charge on any atom is 0.0433 e. The molecule has 2 atom stereocenters. The summed E-state index contributed by atoms with van der Waals surface area (Å²) in [6.45, 7) is 5.05. The van der Waals surface area contributed by atoms with Gasteiger partial charge in [-0.3, -0.25) is 0 Å². The van der Waals surface area contributed by atoms with Crippen molar-refractivity contribution in [1.82, 2.24) is 0 Å². The fourth-order valence-corrected chi connectivity index (χ4v) is 2.53. The van der Waals surface area contributed by atoms with E-state index >= 15 is 0 Å². The van der Waals surface area contributed by atoms with Gasteiger partial charge in [0.05, 0.1) is 0 Å². The normalized spacial score (nSPS) is 39.0. The van der Waals surface area contributed by atoms with Crippen LogP contribution in [0.3, 0.4) is 0 Å². The van der Waals surface area contributed by atoms with E-state index in [0.717, 1.165) is 24.2 Å². The minimum atomic E-state index is 0.379. The maximum absolute atomic E-state index is 8.79. The van der Waals surface area contributed by atoms with Crippen molar-refractivity contribution >= 4 is 0 Å². The maximum atomic E-state index is 8.79. The first-order valence-electron chi connectivity index (χ1n) is 4.83. The topological polar surface area (TPSA) is 20.2 Å². The molecule has 66 valence electrons. The Labute approximate surface area is 69.8 Å². The van der Waals surface area contributed by atoms with Gasteiger partial charge in [0.2, 0.25) is 0 Å². The minimum absolute atomic E-state index is 0.379. The van der Waals surface area contributed by atoms with Crippen molar-refractivity contribution in [2.24, 2.45) is 17.8 Å². The molecule has 1 saturated carbocycles. The lowest BCUT2D eigenvalue weighted by molar-refractivity contribution is 0.173. The van der Waals surface area contributed by atoms with Crippen molar-refractivity contribution < 1.29 is 5.11 Å². The average Bonchev–Trinajstić information content (AvgIpc) is 1.85. The minimum Gasteiger partial charge on any atom is -0.396 e. The molecule has 1 heteroatoms. The molecule has 0 spiro atoms. The van der Waals surface area contributed by atoms with Crippen LogP contribution in [-0.4, -0.2) is 11.7 Å². The molecule has 0 aromatic heterocycles. The van der Waals surface area contributed by atoms with Crippen molar-refractivity contribution in [2.45, 2.75) is 39.5 Å². The largest absolute Gasteiger partial charge is 0.396 e. The molecule has 1 rings (SSSR count). The number of rotatable bonds is 2. The van der Waals surface area contributed by atoms with E-state index in [2.05, 4.69) is 13.8 Å². The molecule has 0 radical (unpaired) electrons. The Hall–Kier alpha value is -0.0400. The van der Waals surface area contributed by atoms with Crippen LogP contribution in [0, 0.1) is 17.8 Å². The van der Waals surface area contributed by atoms with E-state index in [1.165, 1.54) is 19.3 Å². The van der Waals surface area contributed by atoms with Gasteiger partial charge in [-0.05, 0) is 43.4 Å². The van der Waals surface area contributed by atoms with E-state index in [9.17, 15) is 0 Å². The predicted molar refractivity (Wildman–Crippen MR) is 47.4 cm³/mol. The molecule has 11 heavy (non-hydrogen) atoms. The van der Waals surface area contributed by atoms with Gasteiger partial charge in [-0.15, -0.1) is 0 Å². The van der Waals surface area contributed by atoms with Crippen molar-refractivity contribution in [3.05, 3.63) is 0 Å². The molecule has 0 unspecified atom stereocenters.